The lowest BCUT2D eigenvalue weighted by Gasteiger charge is -1.96. The number of halogens is 1. The molecular formula is C9H6BrN. The Morgan fingerprint density at radius 1 is 1.55 bits per heavy atom. The number of hydrogen-bond donors (Lipinski definition) is 0. The van der Waals surface area contributed by atoms with Gasteiger partial charge < -0.3 is 0 Å². The summed E-state index contributed by atoms with van der Waals surface area (Å²) >= 11 is 3.31. The van der Waals surface area contributed by atoms with E-state index in [1.165, 1.54) is 0 Å². The van der Waals surface area contributed by atoms with Crippen LogP contribution in [-0.4, -0.2) is 0 Å². The molecule has 0 aliphatic heterocycles. The molecule has 0 amide bonds. The van der Waals surface area contributed by atoms with Crippen LogP contribution in [0.4, 0.5) is 0 Å². The molecule has 11 heavy (non-hydrogen) atoms. The molecule has 0 aliphatic carbocycles. The molecule has 0 radical (unpaired) electrons. The van der Waals surface area contributed by atoms with E-state index in [1.807, 2.05) is 12.1 Å². The molecule has 1 aromatic carbocycles. The van der Waals surface area contributed by atoms with Gasteiger partial charge in [0.05, 0.1) is 11.6 Å². The third-order valence-corrected chi connectivity index (χ3v) is 1.85. The molecule has 0 saturated carbocycles. The summed E-state index contributed by atoms with van der Waals surface area (Å²) in [4.78, 5) is 0. The third-order valence-electron chi connectivity index (χ3n) is 1.35. The van der Waals surface area contributed by atoms with Crippen LogP contribution in [0.2, 0.25) is 0 Å². The van der Waals surface area contributed by atoms with Gasteiger partial charge in [-0.05, 0) is 23.8 Å². The summed E-state index contributed by atoms with van der Waals surface area (Å²) in [5.74, 6) is 0. The van der Waals surface area contributed by atoms with E-state index >= 15 is 0 Å². The minimum absolute atomic E-state index is 0.656. The van der Waals surface area contributed by atoms with Crippen molar-refractivity contribution in [1.82, 2.24) is 0 Å². The Balaban J connectivity index is 3.30. The average molecular weight is 208 g/mol. The first-order chi connectivity index (χ1) is 5.27. The molecule has 1 rings (SSSR count). The minimum Gasteiger partial charge on any atom is -0.192 e. The molecule has 54 valence electrons. The van der Waals surface area contributed by atoms with Gasteiger partial charge in [0.15, 0.2) is 0 Å². The molecule has 0 fully saturated rings. The Morgan fingerprint density at radius 2 is 2.27 bits per heavy atom. The van der Waals surface area contributed by atoms with E-state index < -0.39 is 0 Å². The van der Waals surface area contributed by atoms with E-state index in [0.29, 0.717) is 5.56 Å². The first-order valence-corrected chi connectivity index (χ1v) is 3.89. The van der Waals surface area contributed by atoms with Crippen LogP contribution in [-0.2, 0) is 0 Å². The van der Waals surface area contributed by atoms with Crippen molar-refractivity contribution in [2.24, 2.45) is 0 Å². The lowest BCUT2D eigenvalue weighted by molar-refractivity contribution is 1.46. The maximum atomic E-state index is 8.63. The van der Waals surface area contributed by atoms with Crippen molar-refractivity contribution in [2.45, 2.75) is 0 Å². The zero-order valence-electron chi connectivity index (χ0n) is 5.84. The number of hydrogen-bond acceptors (Lipinski definition) is 1. The maximum Gasteiger partial charge on any atom is 0.0997 e. The molecule has 0 aliphatic rings. The molecule has 0 aromatic heterocycles. The largest absolute Gasteiger partial charge is 0.192 e. The highest BCUT2D eigenvalue weighted by molar-refractivity contribution is 9.10. The second-order valence-corrected chi connectivity index (χ2v) is 2.96. The highest BCUT2D eigenvalue weighted by atomic mass is 79.9. The van der Waals surface area contributed by atoms with Gasteiger partial charge in [-0.2, -0.15) is 5.26 Å². The number of nitriles is 1. The first kappa shape index (κ1) is 8.03. The SMILES string of the molecule is C=Cc1cc(Br)ccc1C#N. The van der Waals surface area contributed by atoms with Crippen LogP contribution in [0.15, 0.2) is 29.3 Å². The van der Waals surface area contributed by atoms with Crippen LogP contribution in [0.25, 0.3) is 6.08 Å². The molecule has 0 bridgehead atoms. The second-order valence-electron chi connectivity index (χ2n) is 2.05. The van der Waals surface area contributed by atoms with Gasteiger partial charge >= 0.3 is 0 Å². The fraction of sp³-hybridized carbons (Fsp3) is 0. The molecule has 0 unspecified atom stereocenters. The smallest absolute Gasteiger partial charge is 0.0997 e. The summed E-state index contributed by atoms with van der Waals surface area (Å²) in [5.41, 5.74) is 1.52. The van der Waals surface area contributed by atoms with Crippen molar-refractivity contribution in [3.8, 4) is 6.07 Å². The molecule has 0 atom stereocenters. The number of nitrogens with zero attached hydrogens (tertiary/aromatic N) is 1. The van der Waals surface area contributed by atoms with Crippen LogP contribution in [0, 0.1) is 11.3 Å². The monoisotopic (exact) mass is 207 g/mol. The zero-order valence-corrected chi connectivity index (χ0v) is 7.43. The van der Waals surface area contributed by atoms with E-state index in [1.54, 1.807) is 12.1 Å². The van der Waals surface area contributed by atoms with Gasteiger partial charge in [0.25, 0.3) is 0 Å². The average Bonchev–Trinajstić information content (AvgIpc) is 2.04. The Kier molecular flexibility index (Phi) is 2.45. The Hall–Kier alpha value is -1.07. The summed E-state index contributed by atoms with van der Waals surface area (Å²) in [6.07, 6.45) is 1.67. The topological polar surface area (TPSA) is 23.8 Å². The summed E-state index contributed by atoms with van der Waals surface area (Å²) in [6.45, 7) is 3.61. The quantitative estimate of drug-likeness (QED) is 0.695. The predicted octanol–water partition coefficient (Wildman–Crippen LogP) is 2.96. The molecule has 0 saturated heterocycles. The van der Waals surface area contributed by atoms with Crippen molar-refractivity contribution >= 4 is 22.0 Å². The summed E-state index contributed by atoms with van der Waals surface area (Å²) in [6, 6.07) is 7.55. The van der Waals surface area contributed by atoms with Crippen molar-refractivity contribution in [3.63, 3.8) is 0 Å². The van der Waals surface area contributed by atoms with E-state index in [9.17, 15) is 0 Å². The zero-order chi connectivity index (χ0) is 8.27. The Labute approximate surface area is 74.1 Å². The molecular weight excluding hydrogens is 202 g/mol. The van der Waals surface area contributed by atoms with E-state index in [0.717, 1.165) is 10.0 Å². The van der Waals surface area contributed by atoms with Crippen LogP contribution in [0.1, 0.15) is 11.1 Å². The van der Waals surface area contributed by atoms with Crippen LogP contribution >= 0.6 is 15.9 Å². The van der Waals surface area contributed by atoms with E-state index in [2.05, 4.69) is 28.6 Å². The van der Waals surface area contributed by atoms with Crippen molar-refractivity contribution in [1.29, 1.82) is 5.26 Å². The van der Waals surface area contributed by atoms with Crippen LogP contribution < -0.4 is 0 Å². The fourth-order valence-corrected chi connectivity index (χ4v) is 1.18. The van der Waals surface area contributed by atoms with Crippen molar-refractivity contribution < 1.29 is 0 Å². The highest BCUT2D eigenvalue weighted by Gasteiger charge is 1.96. The minimum atomic E-state index is 0.656. The van der Waals surface area contributed by atoms with Gasteiger partial charge in [-0.15, -0.1) is 0 Å². The summed E-state index contributed by atoms with van der Waals surface area (Å²) < 4.78 is 0.964. The second kappa shape index (κ2) is 3.36. The van der Waals surface area contributed by atoms with E-state index in [-0.39, 0.29) is 0 Å². The third kappa shape index (κ3) is 1.69. The molecule has 1 aromatic rings. The highest BCUT2D eigenvalue weighted by Crippen LogP contribution is 2.16. The van der Waals surface area contributed by atoms with E-state index in [4.69, 9.17) is 5.26 Å². The van der Waals surface area contributed by atoms with Gasteiger partial charge in [0.1, 0.15) is 0 Å². The molecule has 0 spiro atoms. The molecule has 1 nitrogen and oxygen atoms in total. The van der Waals surface area contributed by atoms with Gasteiger partial charge in [-0.25, -0.2) is 0 Å². The normalized spacial score (nSPS) is 8.73. The van der Waals surface area contributed by atoms with Gasteiger partial charge in [-0.1, -0.05) is 28.6 Å². The van der Waals surface area contributed by atoms with Crippen molar-refractivity contribution in [3.05, 3.63) is 40.4 Å². The van der Waals surface area contributed by atoms with Gasteiger partial charge in [-0.3, -0.25) is 0 Å². The summed E-state index contributed by atoms with van der Waals surface area (Å²) in [5, 5.41) is 8.63. The molecule has 2 heteroatoms. The summed E-state index contributed by atoms with van der Waals surface area (Å²) in [7, 11) is 0. The van der Waals surface area contributed by atoms with Crippen LogP contribution in [0.3, 0.4) is 0 Å². The first-order valence-electron chi connectivity index (χ1n) is 3.10. The van der Waals surface area contributed by atoms with Gasteiger partial charge in [0, 0.05) is 4.47 Å². The number of rotatable bonds is 1. The fourth-order valence-electron chi connectivity index (χ4n) is 0.804. The Bertz CT molecular complexity index is 323. The number of benzene rings is 1. The lowest BCUT2D eigenvalue weighted by atomic mass is 10.1. The predicted molar refractivity (Wildman–Crippen MR) is 48.9 cm³/mol. The molecule has 0 N–H and O–H groups in total. The van der Waals surface area contributed by atoms with Crippen LogP contribution in [0.5, 0.6) is 0 Å². The Morgan fingerprint density at radius 3 is 2.82 bits per heavy atom. The standard InChI is InChI=1S/C9H6BrN/c1-2-7-5-9(10)4-3-8(7)6-11/h2-5H,1H2. The van der Waals surface area contributed by atoms with Crippen molar-refractivity contribution in [2.75, 3.05) is 0 Å². The maximum absolute atomic E-state index is 8.63. The lowest BCUT2D eigenvalue weighted by Crippen LogP contribution is -1.80. The molecule has 0 heterocycles. The van der Waals surface area contributed by atoms with Gasteiger partial charge in [0.2, 0.25) is 0 Å².